The Hall–Kier alpha value is -1.20. The molecular formula is C16H23BrN4. The van der Waals surface area contributed by atoms with Gasteiger partial charge in [0, 0.05) is 24.0 Å². The molecule has 0 aliphatic carbocycles. The number of pyridine rings is 1. The summed E-state index contributed by atoms with van der Waals surface area (Å²) in [4.78, 5) is 4.71. The van der Waals surface area contributed by atoms with Crippen molar-refractivity contribution in [1.29, 1.82) is 0 Å². The van der Waals surface area contributed by atoms with Crippen LogP contribution in [-0.2, 0) is 6.54 Å². The Balaban J connectivity index is 2.34. The SMILES string of the molecule is CC(C)c1cc(CNC(C)(C)C)cc(-n2cc(Br)cn2)n1. The van der Waals surface area contributed by atoms with Crippen LogP contribution in [0.4, 0.5) is 0 Å². The van der Waals surface area contributed by atoms with Gasteiger partial charge in [-0.2, -0.15) is 5.10 Å². The monoisotopic (exact) mass is 350 g/mol. The number of halogens is 1. The van der Waals surface area contributed by atoms with Gasteiger partial charge in [0.1, 0.15) is 0 Å². The minimum atomic E-state index is 0.0934. The molecule has 0 spiro atoms. The molecule has 0 saturated heterocycles. The first-order valence-corrected chi connectivity index (χ1v) is 8.00. The van der Waals surface area contributed by atoms with Crippen molar-refractivity contribution < 1.29 is 0 Å². The molecule has 114 valence electrons. The van der Waals surface area contributed by atoms with Crippen molar-refractivity contribution in [3.8, 4) is 5.82 Å². The van der Waals surface area contributed by atoms with Gasteiger partial charge >= 0.3 is 0 Å². The van der Waals surface area contributed by atoms with Crippen LogP contribution in [0.25, 0.3) is 5.82 Å². The van der Waals surface area contributed by atoms with Gasteiger partial charge in [-0.1, -0.05) is 13.8 Å². The molecule has 0 aromatic carbocycles. The van der Waals surface area contributed by atoms with Crippen molar-refractivity contribution >= 4 is 15.9 Å². The number of hydrogen-bond donors (Lipinski definition) is 1. The molecule has 0 aliphatic rings. The second-order valence-corrected chi connectivity index (χ2v) is 7.54. The highest BCUT2D eigenvalue weighted by Crippen LogP contribution is 2.19. The highest BCUT2D eigenvalue weighted by atomic mass is 79.9. The fourth-order valence-electron chi connectivity index (χ4n) is 1.90. The molecule has 4 nitrogen and oxygen atoms in total. The van der Waals surface area contributed by atoms with E-state index < -0.39 is 0 Å². The van der Waals surface area contributed by atoms with Crippen molar-refractivity contribution in [2.24, 2.45) is 0 Å². The van der Waals surface area contributed by atoms with Crippen LogP contribution in [-0.4, -0.2) is 20.3 Å². The second-order valence-electron chi connectivity index (χ2n) is 6.62. The second kappa shape index (κ2) is 6.28. The largest absolute Gasteiger partial charge is 0.308 e. The van der Waals surface area contributed by atoms with Gasteiger partial charge in [-0.3, -0.25) is 0 Å². The molecule has 0 fully saturated rings. The molecule has 21 heavy (non-hydrogen) atoms. The lowest BCUT2D eigenvalue weighted by Gasteiger charge is -2.21. The summed E-state index contributed by atoms with van der Waals surface area (Å²) in [5.74, 6) is 1.25. The number of aromatic nitrogens is 3. The zero-order valence-corrected chi connectivity index (χ0v) is 14.9. The van der Waals surface area contributed by atoms with Gasteiger partial charge < -0.3 is 5.32 Å². The zero-order chi connectivity index (χ0) is 15.6. The van der Waals surface area contributed by atoms with Crippen LogP contribution in [0.3, 0.4) is 0 Å². The molecule has 0 atom stereocenters. The van der Waals surface area contributed by atoms with Crippen molar-refractivity contribution in [1.82, 2.24) is 20.1 Å². The minimum absolute atomic E-state index is 0.0934. The third-order valence-electron chi connectivity index (χ3n) is 3.09. The van der Waals surface area contributed by atoms with Crippen molar-refractivity contribution in [2.45, 2.75) is 52.6 Å². The first-order chi connectivity index (χ1) is 9.74. The molecule has 0 saturated carbocycles. The van der Waals surface area contributed by atoms with Crippen molar-refractivity contribution in [2.75, 3.05) is 0 Å². The van der Waals surface area contributed by atoms with Crippen molar-refractivity contribution in [3.05, 3.63) is 40.3 Å². The lowest BCUT2D eigenvalue weighted by molar-refractivity contribution is 0.424. The highest BCUT2D eigenvalue weighted by Gasteiger charge is 2.12. The maximum Gasteiger partial charge on any atom is 0.153 e. The van der Waals surface area contributed by atoms with E-state index in [9.17, 15) is 0 Å². The van der Waals surface area contributed by atoms with Crippen LogP contribution in [0, 0.1) is 0 Å². The van der Waals surface area contributed by atoms with E-state index in [-0.39, 0.29) is 5.54 Å². The van der Waals surface area contributed by atoms with Crippen LogP contribution in [0.5, 0.6) is 0 Å². The van der Waals surface area contributed by atoms with Crippen LogP contribution in [0.15, 0.2) is 29.0 Å². The van der Waals surface area contributed by atoms with E-state index in [0.717, 1.165) is 22.5 Å². The number of rotatable bonds is 4. The van der Waals surface area contributed by atoms with Gasteiger partial charge in [0.25, 0.3) is 0 Å². The normalized spacial score (nSPS) is 12.1. The van der Waals surface area contributed by atoms with E-state index >= 15 is 0 Å². The molecule has 0 amide bonds. The zero-order valence-electron chi connectivity index (χ0n) is 13.3. The molecule has 2 aromatic rings. The predicted molar refractivity (Wildman–Crippen MR) is 89.7 cm³/mol. The summed E-state index contributed by atoms with van der Waals surface area (Å²) in [5.41, 5.74) is 2.41. The van der Waals surface area contributed by atoms with Gasteiger partial charge in [-0.15, -0.1) is 0 Å². The third kappa shape index (κ3) is 4.64. The molecule has 0 unspecified atom stereocenters. The highest BCUT2D eigenvalue weighted by molar-refractivity contribution is 9.10. The van der Waals surface area contributed by atoms with Gasteiger partial charge in [-0.05, 0) is 60.3 Å². The minimum Gasteiger partial charge on any atom is -0.308 e. The Labute approximate surface area is 135 Å². The van der Waals surface area contributed by atoms with E-state index in [1.54, 1.807) is 10.9 Å². The Kier molecular flexibility index (Phi) is 4.84. The number of hydrogen-bond acceptors (Lipinski definition) is 3. The topological polar surface area (TPSA) is 42.7 Å². The van der Waals surface area contributed by atoms with Crippen LogP contribution in [0.1, 0.15) is 51.8 Å². The number of nitrogens with zero attached hydrogens (tertiary/aromatic N) is 3. The molecule has 0 bridgehead atoms. The van der Waals surface area contributed by atoms with E-state index in [2.05, 4.69) is 73.1 Å². The molecule has 5 heteroatoms. The maximum atomic E-state index is 4.71. The van der Waals surface area contributed by atoms with E-state index in [1.165, 1.54) is 5.56 Å². The van der Waals surface area contributed by atoms with Crippen molar-refractivity contribution in [3.63, 3.8) is 0 Å². The number of nitrogens with one attached hydrogen (secondary N) is 1. The Morgan fingerprint density at radius 3 is 2.52 bits per heavy atom. The first kappa shape index (κ1) is 16.2. The molecule has 2 aromatic heterocycles. The maximum absolute atomic E-state index is 4.71. The molecule has 2 rings (SSSR count). The van der Waals surface area contributed by atoms with E-state index in [0.29, 0.717) is 5.92 Å². The summed E-state index contributed by atoms with van der Waals surface area (Å²) in [7, 11) is 0. The predicted octanol–water partition coefficient (Wildman–Crippen LogP) is 4.04. The Bertz CT molecular complexity index is 611. The quantitative estimate of drug-likeness (QED) is 0.904. The average Bonchev–Trinajstić information content (AvgIpc) is 2.82. The van der Waals surface area contributed by atoms with E-state index in [1.807, 2.05) is 6.20 Å². The van der Waals surface area contributed by atoms with E-state index in [4.69, 9.17) is 4.98 Å². The summed E-state index contributed by atoms with van der Waals surface area (Å²) < 4.78 is 2.75. The molecular weight excluding hydrogens is 328 g/mol. The summed E-state index contributed by atoms with van der Waals surface area (Å²) in [6.45, 7) is 11.6. The van der Waals surface area contributed by atoms with Gasteiger partial charge in [0.2, 0.25) is 0 Å². The van der Waals surface area contributed by atoms with Gasteiger partial charge in [0.05, 0.1) is 10.7 Å². The van der Waals surface area contributed by atoms with Gasteiger partial charge in [0.15, 0.2) is 5.82 Å². The fraction of sp³-hybridized carbons (Fsp3) is 0.500. The molecule has 0 radical (unpaired) electrons. The molecule has 2 heterocycles. The summed E-state index contributed by atoms with van der Waals surface area (Å²) in [5, 5.41) is 7.84. The standard InChI is InChI=1S/C16H23BrN4/c1-11(2)14-6-12(8-18-16(3,4)5)7-15(20-14)21-10-13(17)9-19-21/h6-7,9-11,18H,8H2,1-5H3. The Morgan fingerprint density at radius 1 is 1.29 bits per heavy atom. The lowest BCUT2D eigenvalue weighted by atomic mass is 10.1. The summed E-state index contributed by atoms with van der Waals surface area (Å²) >= 11 is 3.43. The average molecular weight is 351 g/mol. The first-order valence-electron chi connectivity index (χ1n) is 7.21. The fourth-order valence-corrected chi connectivity index (χ4v) is 2.19. The molecule has 0 aliphatic heterocycles. The Morgan fingerprint density at radius 2 is 2.00 bits per heavy atom. The summed E-state index contributed by atoms with van der Waals surface area (Å²) in [6.07, 6.45) is 3.70. The third-order valence-corrected chi connectivity index (χ3v) is 3.50. The van der Waals surface area contributed by atoms with Crippen LogP contribution < -0.4 is 5.32 Å². The lowest BCUT2D eigenvalue weighted by Crippen LogP contribution is -2.35. The summed E-state index contributed by atoms with van der Waals surface area (Å²) in [6, 6.07) is 4.26. The van der Waals surface area contributed by atoms with Crippen LogP contribution >= 0.6 is 15.9 Å². The van der Waals surface area contributed by atoms with Gasteiger partial charge in [-0.25, -0.2) is 9.67 Å². The molecule has 1 N–H and O–H groups in total. The van der Waals surface area contributed by atoms with Crippen LogP contribution in [0.2, 0.25) is 0 Å². The smallest absolute Gasteiger partial charge is 0.153 e.